The van der Waals surface area contributed by atoms with Gasteiger partial charge in [0, 0.05) is 53.4 Å². The van der Waals surface area contributed by atoms with Crippen molar-refractivity contribution in [1.29, 1.82) is 0 Å². The molecule has 4 unspecified atom stereocenters. The first-order chi connectivity index (χ1) is 24.0. The molecule has 2 aromatic carbocycles. The number of esters is 1. The van der Waals surface area contributed by atoms with E-state index < -0.39 is 36.1 Å². The summed E-state index contributed by atoms with van der Waals surface area (Å²) in [6.45, 7) is 12.8. The minimum absolute atomic E-state index is 0.0177. The number of hydrogen-bond donors (Lipinski definition) is 0. The summed E-state index contributed by atoms with van der Waals surface area (Å²) in [6, 6.07) is 11.2. The SMILES string of the molecule is CC(=NC(=O)OCc1ccc([N+](=O)[O-])cc1)N1CCC(SC2=C(C(=O)OCc3ccc([N+](=O)[O-])cc3)N3C(=O)C(C(C)O[Si](C)(C)C)[C@H]3C2C)C1. The molecule has 0 bridgehead atoms. The Hall–Kier alpha value is -4.61. The highest BCUT2D eigenvalue weighted by atomic mass is 32.2. The lowest BCUT2D eigenvalue weighted by atomic mass is 9.79. The molecule has 2 fully saturated rings. The fourth-order valence-electron chi connectivity index (χ4n) is 6.61. The van der Waals surface area contributed by atoms with Crippen molar-refractivity contribution in [2.45, 2.75) is 77.4 Å². The van der Waals surface area contributed by atoms with Gasteiger partial charge in [0.05, 0.1) is 27.9 Å². The van der Waals surface area contributed by atoms with Crippen molar-refractivity contribution in [1.82, 2.24) is 9.80 Å². The second-order valence-corrected chi connectivity index (χ2v) is 19.6. The van der Waals surface area contributed by atoms with Crippen LogP contribution in [-0.2, 0) is 36.7 Å². The van der Waals surface area contributed by atoms with Crippen LogP contribution in [0.1, 0.15) is 38.3 Å². The number of hydrogen-bond acceptors (Lipinski definition) is 11. The van der Waals surface area contributed by atoms with Gasteiger partial charge in [-0.3, -0.25) is 25.0 Å². The monoisotopic (exact) mass is 739 g/mol. The van der Waals surface area contributed by atoms with Crippen LogP contribution in [0.25, 0.3) is 0 Å². The van der Waals surface area contributed by atoms with E-state index in [1.807, 2.05) is 18.7 Å². The van der Waals surface area contributed by atoms with E-state index in [9.17, 15) is 34.6 Å². The van der Waals surface area contributed by atoms with Crippen LogP contribution in [0.5, 0.6) is 0 Å². The Kier molecular flexibility index (Phi) is 11.3. The van der Waals surface area contributed by atoms with Gasteiger partial charge in [-0.15, -0.1) is 11.8 Å². The van der Waals surface area contributed by atoms with Gasteiger partial charge in [-0.2, -0.15) is 4.99 Å². The molecule has 2 amide bonds. The molecule has 0 N–H and O–H groups in total. The number of carbonyl (C=O) groups excluding carboxylic acids is 3. The normalized spacial score (nSPS) is 22.4. The number of β-lactam (4-membered cyclic amide) rings is 1. The lowest BCUT2D eigenvalue weighted by Crippen LogP contribution is -2.64. The molecule has 272 valence electrons. The van der Waals surface area contributed by atoms with Gasteiger partial charge in [0.1, 0.15) is 24.7 Å². The van der Waals surface area contributed by atoms with Crippen LogP contribution in [0, 0.1) is 32.1 Å². The molecular weight excluding hydrogens is 699 g/mol. The number of benzene rings is 2. The molecule has 2 aromatic rings. The van der Waals surface area contributed by atoms with Crippen molar-refractivity contribution in [3.05, 3.63) is 90.5 Å². The van der Waals surface area contributed by atoms with E-state index in [0.29, 0.717) is 30.1 Å². The van der Waals surface area contributed by atoms with Crippen molar-refractivity contribution in [2.75, 3.05) is 13.1 Å². The number of nitro groups is 2. The third-order valence-electron chi connectivity index (χ3n) is 9.00. The molecule has 15 nitrogen and oxygen atoms in total. The summed E-state index contributed by atoms with van der Waals surface area (Å²) in [4.78, 5) is 69.2. The van der Waals surface area contributed by atoms with E-state index >= 15 is 0 Å². The summed E-state index contributed by atoms with van der Waals surface area (Å²) in [6.07, 6.45) is -0.375. The molecule has 5 rings (SSSR count). The van der Waals surface area contributed by atoms with Gasteiger partial charge in [0.2, 0.25) is 5.91 Å². The molecular formula is C34H41N5O10SSi. The second-order valence-electron chi connectivity index (χ2n) is 13.8. The molecule has 0 spiro atoms. The van der Waals surface area contributed by atoms with Crippen molar-refractivity contribution in [2.24, 2.45) is 16.8 Å². The second kappa shape index (κ2) is 15.3. The molecule has 51 heavy (non-hydrogen) atoms. The molecule has 3 aliphatic rings. The lowest BCUT2D eigenvalue weighted by molar-refractivity contribution is -0.385. The molecule has 2 saturated heterocycles. The number of carbonyl (C=O) groups is 3. The number of non-ortho nitro benzene ring substituents is 2. The molecule has 3 aliphatic heterocycles. The first-order valence-corrected chi connectivity index (χ1v) is 20.9. The standard InChI is InChI=1S/C34H41N5O10SSi/c1-20-29-28(21(2)49-51(4,5)6)32(40)37(29)30(33(41)47-18-23-7-11-25(12-8-23)38(43)44)31(20)50-27-15-16-36(17-27)22(3)35-34(42)48-19-24-9-13-26(14-10-24)39(45)46/h7-14,20-21,27-29H,15-19H2,1-6H3/t20?,21?,27?,28?,29-/m1/s1. The van der Waals surface area contributed by atoms with Crippen LogP contribution in [0.15, 0.2) is 64.1 Å². The van der Waals surface area contributed by atoms with E-state index in [2.05, 4.69) is 24.6 Å². The Labute approximate surface area is 300 Å². The van der Waals surface area contributed by atoms with Gasteiger partial charge in [0.25, 0.3) is 11.4 Å². The minimum Gasteiger partial charge on any atom is -0.456 e. The molecule has 3 heterocycles. The zero-order valence-corrected chi connectivity index (χ0v) is 31.1. The lowest BCUT2D eigenvalue weighted by Gasteiger charge is -2.48. The molecule has 17 heteroatoms. The highest BCUT2D eigenvalue weighted by Crippen LogP contribution is 2.52. The van der Waals surface area contributed by atoms with Crippen LogP contribution in [0.2, 0.25) is 19.6 Å². The Morgan fingerprint density at radius 2 is 1.53 bits per heavy atom. The van der Waals surface area contributed by atoms with Gasteiger partial charge < -0.3 is 23.7 Å². The molecule has 0 saturated carbocycles. The third kappa shape index (κ3) is 8.65. The van der Waals surface area contributed by atoms with Gasteiger partial charge in [0.15, 0.2) is 8.32 Å². The average molecular weight is 740 g/mol. The largest absolute Gasteiger partial charge is 0.456 e. The predicted octanol–water partition coefficient (Wildman–Crippen LogP) is 6.04. The number of thioether (sulfide) groups is 1. The number of aliphatic imine (C=N–C) groups is 1. The number of rotatable bonds is 12. The molecule has 0 radical (unpaired) electrons. The van der Waals surface area contributed by atoms with Crippen molar-refractivity contribution in [3.8, 4) is 0 Å². The van der Waals surface area contributed by atoms with Crippen LogP contribution < -0.4 is 0 Å². The van der Waals surface area contributed by atoms with Crippen LogP contribution in [0.3, 0.4) is 0 Å². The maximum atomic E-state index is 13.7. The number of nitro benzene ring substituents is 2. The highest BCUT2D eigenvalue weighted by molar-refractivity contribution is 8.03. The average Bonchev–Trinajstić information content (AvgIpc) is 3.63. The Balaban J connectivity index is 1.27. The topological polar surface area (TPSA) is 184 Å². The van der Waals surface area contributed by atoms with E-state index in [0.717, 1.165) is 11.3 Å². The Morgan fingerprint density at radius 3 is 2.06 bits per heavy atom. The van der Waals surface area contributed by atoms with Gasteiger partial charge in [-0.05, 0) is 75.3 Å². The zero-order chi connectivity index (χ0) is 37.2. The van der Waals surface area contributed by atoms with E-state index in [4.69, 9.17) is 13.9 Å². The molecule has 0 aliphatic carbocycles. The van der Waals surface area contributed by atoms with Crippen molar-refractivity contribution >= 4 is 55.3 Å². The van der Waals surface area contributed by atoms with Crippen LogP contribution >= 0.6 is 11.8 Å². The number of ether oxygens (including phenoxy) is 2. The number of likely N-dealkylation sites (tertiary alicyclic amines) is 1. The number of amidine groups is 1. The number of amides is 2. The smallest absolute Gasteiger partial charge is 0.435 e. The summed E-state index contributed by atoms with van der Waals surface area (Å²) in [5.41, 5.74) is 1.25. The van der Waals surface area contributed by atoms with Crippen LogP contribution in [0.4, 0.5) is 16.2 Å². The highest BCUT2D eigenvalue weighted by Gasteiger charge is 2.61. The Morgan fingerprint density at radius 1 is 0.980 bits per heavy atom. The fourth-order valence-corrected chi connectivity index (χ4v) is 9.36. The zero-order valence-electron chi connectivity index (χ0n) is 29.3. The molecule has 0 aromatic heterocycles. The van der Waals surface area contributed by atoms with Crippen molar-refractivity contribution < 1.29 is 38.1 Å². The van der Waals surface area contributed by atoms with E-state index in [1.165, 1.54) is 60.3 Å². The first kappa shape index (κ1) is 37.6. The quantitative estimate of drug-likeness (QED) is 0.0469. The fraction of sp³-hybridized carbons (Fsp3) is 0.471. The Bertz CT molecular complexity index is 1760. The van der Waals surface area contributed by atoms with E-state index in [1.54, 1.807) is 11.8 Å². The summed E-state index contributed by atoms with van der Waals surface area (Å²) in [7, 11) is -1.96. The van der Waals surface area contributed by atoms with Gasteiger partial charge >= 0.3 is 12.1 Å². The van der Waals surface area contributed by atoms with Crippen LogP contribution in [-0.4, -0.2) is 82.3 Å². The van der Waals surface area contributed by atoms with Gasteiger partial charge in [-0.1, -0.05) is 6.92 Å². The maximum absolute atomic E-state index is 13.7. The summed E-state index contributed by atoms with van der Waals surface area (Å²) in [5, 5.41) is 21.9. The minimum atomic E-state index is -1.96. The summed E-state index contributed by atoms with van der Waals surface area (Å²) >= 11 is 1.53. The summed E-state index contributed by atoms with van der Waals surface area (Å²) in [5.74, 6) is -0.920. The van der Waals surface area contributed by atoms with Gasteiger partial charge in [-0.25, -0.2) is 9.59 Å². The predicted molar refractivity (Wildman–Crippen MR) is 191 cm³/mol. The first-order valence-electron chi connectivity index (χ1n) is 16.6. The number of nitrogens with zero attached hydrogens (tertiary/aromatic N) is 5. The summed E-state index contributed by atoms with van der Waals surface area (Å²) < 4.78 is 17.3. The number of fused-ring (bicyclic) bond motifs is 1. The maximum Gasteiger partial charge on any atom is 0.435 e. The molecule has 5 atom stereocenters. The van der Waals surface area contributed by atoms with E-state index in [-0.39, 0.29) is 59.5 Å². The third-order valence-corrected chi connectivity index (χ3v) is 11.6. The van der Waals surface area contributed by atoms with Crippen molar-refractivity contribution in [3.63, 3.8) is 0 Å².